The topological polar surface area (TPSA) is 75.4 Å². The van der Waals surface area contributed by atoms with E-state index in [2.05, 4.69) is 10.5 Å². The second-order valence-corrected chi connectivity index (χ2v) is 6.15. The molecule has 0 fully saturated rings. The molecule has 3 rings (SSSR count). The quantitative estimate of drug-likeness (QED) is 0.734. The third-order valence-electron chi connectivity index (χ3n) is 4.42. The number of benzene rings is 2. The van der Waals surface area contributed by atoms with Gasteiger partial charge in [0.2, 0.25) is 5.91 Å². The lowest BCUT2D eigenvalue weighted by atomic mass is 10.0. The highest BCUT2D eigenvalue weighted by Gasteiger charge is 2.24. The summed E-state index contributed by atoms with van der Waals surface area (Å²) in [7, 11) is 0. The third-order valence-corrected chi connectivity index (χ3v) is 4.42. The van der Waals surface area contributed by atoms with Gasteiger partial charge in [-0.25, -0.2) is 0 Å². The number of anilines is 1. The van der Waals surface area contributed by atoms with Gasteiger partial charge in [0.1, 0.15) is 12.8 Å². The van der Waals surface area contributed by atoms with Crippen molar-refractivity contribution in [1.82, 2.24) is 10.1 Å². The van der Waals surface area contributed by atoms with E-state index in [9.17, 15) is 9.59 Å². The molecule has 0 saturated carbocycles. The molecule has 0 bridgehead atoms. The molecule has 1 N–H and O–H groups in total. The molecule has 0 radical (unpaired) electrons. The summed E-state index contributed by atoms with van der Waals surface area (Å²) >= 11 is 0. The fourth-order valence-electron chi connectivity index (χ4n) is 2.83. The molecule has 3 aromatic rings. The third kappa shape index (κ3) is 3.74. The molecule has 134 valence electrons. The predicted molar refractivity (Wildman–Crippen MR) is 99.9 cm³/mol. The average Bonchev–Trinajstić information content (AvgIpc) is 3.17. The number of carbonyl (C=O) groups excluding carboxylic acids is 2. The molecule has 1 unspecified atom stereocenters. The predicted octanol–water partition coefficient (Wildman–Crippen LogP) is 3.71. The second kappa shape index (κ2) is 7.82. The molecule has 2 amide bonds. The minimum Gasteiger partial charge on any atom is -0.363 e. The fourth-order valence-corrected chi connectivity index (χ4v) is 2.83. The Hall–Kier alpha value is -3.15. The van der Waals surface area contributed by atoms with Gasteiger partial charge >= 0.3 is 0 Å². The minimum absolute atomic E-state index is 0.0517. The first-order chi connectivity index (χ1) is 12.6. The van der Waals surface area contributed by atoms with E-state index in [1.807, 2.05) is 50.2 Å². The van der Waals surface area contributed by atoms with Crippen LogP contribution in [0.4, 0.5) is 5.82 Å². The van der Waals surface area contributed by atoms with Gasteiger partial charge in [-0.15, -0.1) is 0 Å². The van der Waals surface area contributed by atoms with E-state index in [1.54, 1.807) is 17.0 Å². The summed E-state index contributed by atoms with van der Waals surface area (Å²) in [4.78, 5) is 27.2. The van der Waals surface area contributed by atoms with Crippen LogP contribution in [0.5, 0.6) is 0 Å². The molecule has 1 heterocycles. The summed E-state index contributed by atoms with van der Waals surface area (Å²) in [5.41, 5.74) is 0.595. The van der Waals surface area contributed by atoms with Crippen LogP contribution in [0.15, 0.2) is 59.3 Å². The molecular weight excluding hydrogens is 330 g/mol. The van der Waals surface area contributed by atoms with E-state index < -0.39 is 0 Å². The average molecular weight is 351 g/mol. The van der Waals surface area contributed by atoms with E-state index >= 15 is 0 Å². The molecule has 1 aromatic heterocycles. The summed E-state index contributed by atoms with van der Waals surface area (Å²) in [5.74, 6) is -0.143. The van der Waals surface area contributed by atoms with Gasteiger partial charge in [-0.05, 0) is 30.2 Å². The molecule has 0 aliphatic carbocycles. The summed E-state index contributed by atoms with van der Waals surface area (Å²) in [6, 6.07) is 14.8. The molecule has 0 saturated heterocycles. The van der Waals surface area contributed by atoms with Crippen molar-refractivity contribution >= 4 is 28.4 Å². The highest BCUT2D eigenvalue weighted by Crippen LogP contribution is 2.21. The van der Waals surface area contributed by atoms with Crippen molar-refractivity contribution in [2.45, 2.75) is 26.3 Å². The van der Waals surface area contributed by atoms with Crippen molar-refractivity contribution in [2.24, 2.45) is 0 Å². The van der Waals surface area contributed by atoms with Crippen molar-refractivity contribution in [2.75, 3.05) is 11.9 Å². The maximum Gasteiger partial charge on any atom is 0.255 e. The molecule has 26 heavy (non-hydrogen) atoms. The van der Waals surface area contributed by atoms with Gasteiger partial charge in [0.05, 0.1) is 0 Å². The maximum atomic E-state index is 13.2. The van der Waals surface area contributed by atoms with Gasteiger partial charge in [-0.3, -0.25) is 9.59 Å². The molecule has 6 heteroatoms. The Morgan fingerprint density at radius 2 is 1.92 bits per heavy atom. The fraction of sp³-hybridized carbons (Fsp3) is 0.250. The monoisotopic (exact) mass is 351 g/mol. The van der Waals surface area contributed by atoms with Crippen LogP contribution in [0.1, 0.15) is 30.6 Å². The van der Waals surface area contributed by atoms with Gasteiger partial charge in [-0.2, -0.15) is 0 Å². The number of amides is 2. The SMILES string of the molecule is CCC(C)N(CC(=O)Nc1ccon1)C(=O)c1cccc2ccccc12. The molecule has 6 nitrogen and oxygen atoms in total. The molecule has 0 spiro atoms. The summed E-state index contributed by atoms with van der Waals surface area (Å²) in [6.07, 6.45) is 2.12. The van der Waals surface area contributed by atoms with Crippen LogP contribution in [-0.4, -0.2) is 34.5 Å². The van der Waals surface area contributed by atoms with Gasteiger partial charge in [0.25, 0.3) is 5.91 Å². The normalized spacial score (nSPS) is 11.9. The molecule has 0 aliphatic heterocycles. The van der Waals surface area contributed by atoms with Crippen molar-refractivity contribution in [3.8, 4) is 0 Å². The summed E-state index contributed by atoms with van der Waals surface area (Å²) < 4.78 is 4.71. The largest absolute Gasteiger partial charge is 0.363 e. The highest BCUT2D eigenvalue weighted by molar-refractivity contribution is 6.08. The first kappa shape index (κ1) is 17.7. The van der Waals surface area contributed by atoms with Crippen molar-refractivity contribution in [1.29, 1.82) is 0 Å². The van der Waals surface area contributed by atoms with Crippen LogP contribution in [-0.2, 0) is 4.79 Å². The van der Waals surface area contributed by atoms with Gasteiger partial charge < -0.3 is 14.7 Å². The van der Waals surface area contributed by atoms with Crippen LogP contribution >= 0.6 is 0 Å². The van der Waals surface area contributed by atoms with Crippen LogP contribution in [0.2, 0.25) is 0 Å². The van der Waals surface area contributed by atoms with Crippen LogP contribution in [0, 0.1) is 0 Å². The summed E-state index contributed by atoms with van der Waals surface area (Å²) in [5, 5.41) is 8.17. The summed E-state index contributed by atoms with van der Waals surface area (Å²) in [6.45, 7) is 3.87. The van der Waals surface area contributed by atoms with Crippen molar-refractivity contribution in [3.63, 3.8) is 0 Å². The number of hydrogen-bond acceptors (Lipinski definition) is 4. The van der Waals surface area contributed by atoms with Crippen LogP contribution < -0.4 is 5.32 Å². The minimum atomic E-state index is -0.312. The van der Waals surface area contributed by atoms with E-state index in [4.69, 9.17) is 4.52 Å². The Morgan fingerprint density at radius 1 is 1.15 bits per heavy atom. The standard InChI is InChI=1S/C20H21N3O3/c1-3-14(2)23(13-19(24)21-18-11-12-26-22-18)20(25)17-10-6-8-15-7-4-5-9-16(15)17/h4-12,14H,3,13H2,1-2H3,(H,21,22,24). The van der Waals surface area contributed by atoms with E-state index in [0.717, 1.165) is 17.2 Å². The number of rotatable bonds is 6. The zero-order chi connectivity index (χ0) is 18.5. The number of carbonyl (C=O) groups is 2. The van der Waals surface area contributed by atoms with Gasteiger partial charge in [0.15, 0.2) is 5.82 Å². The van der Waals surface area contributed by atoms with E-state index in [1.165, 1.54) is 6.26 Å². The Balaban J connectivity index is 1.87. The Morgan fingerprint density at radius 3 is 2.65 bits per heavy atom. The van der Waals surface area contributed by atoms with Crippen molar-refractivity contribution < 1.29 is 14.1 Å². The first-order valence-electron chi connectivity index (χ1n) is 8.59. The zero-order valence-electron chi connectivity index (χ0n) is 14.8. The number of aromatic nitrogens is 1. The van der Waals surface area contributed by atoms with Crippen molar-refractivity contribution in [3.05, 3.63) is 60.4 Å². The lowest BCUT2D eigenvalue weighted by molar-refractivity contribution is -0.117. The van der Waals surface area contributed by atoms with Crippen LogP contribution in [0.25, 0.3) is 10.8 Å². The smallest absolute Gasteiger partial charge is 0.255 e. The Kier molecular flexibility index (Phi) is 5.31. The number of fused-ring (bicyclic) bond motifs is 1. The van der Waals surface area contributed by atoms with E-state index in [0.29, 0.717) is 11.4 Å². The number of nitrogens with zero attached hydrogens (tertiary/aromatic N) is 2. The Bertz CT molecular complexity index is 900. The highest BCUT2D eigenvalue weighted by atomic mass is 16.5. The zero-order valence-corrected chi connectivity index (χ0v) is 14.8. The lowest BCUT2D eigenvalue weighted by Crippen LogP contribution is -2.43. The molecule has 0 aliphatic rings. The maximum absolute atomic E-state index is 13.2. The second-order valence-electron chi connectivity index (χ2n) is 6.15. The number of hydrogen-bond donors (Lipinski definition) is 1. The lowest BCUT2D eigenvalue weighted by Gasteiger charge is -2.28. The first-order valence-corrected chi connectivity index (χ1v) is 8.59. The molecule has 1 atom stereocenters. The molecular formula is C20H21N3O3. The Labute approximate surface area is 151 Å². The van der Waals surface area contributed by atoms with E-state index in [-0.39, 0.29) is 24.4 Å². The number of nitrogens with one attached hydrogen (secondary N) is 1. The van der Waals surface area contributed by atoms with Gasteiger partial charge in [0, 0.05) is 17.7 Å². The van der Waals surface area contributed by atoms with Crippen LogP contribution in [0.3, 0.4) is 0 Å². The van der Waals surface area contributed by atoms with Gasteiger partial charge in [-0.1, -0.05) is 48.5 Å². The molecule has 2 aromatic carbocycles.